The molecule has 0 unspecified atom stereocenters. The van der Waals surface area contributed by atoms with Gasteiger partial charge >= 0.3 is 5.97 Å². The average Bonchev–Trinajstić information content (AvgIpc) is 2.83. The molecule has 146 valence electrons. The van der Waals surface area contributed by atoms with Crippen LogP contribution in [-0.4, -0.2) is 47.3 Å². The van der Waals surface area contributed by atoms with E-state index in [1.165, 1.54) is 19.1 Å². The van der Waals surface area contributed by atoms with E-state index < -0.39 is 36.3 Å². The van der Waals surface area contributed by atoms with E-state index >= 15 is 0 Å². The van der Waals surface area contributed by atoms with Gasteiger partial charge in [0.2, 0.25) is 0 Å². The standard InChI is InChI=1S/C18H20Cl2N2O5/c1-8(2)9(3)21-15(23)7-27-18(26)10(4)22-16(24)11-5-13(19)14(20)6-12(11)17(22)25/h5-6,8-10H,7H2,1-4H3,(H,21,23)/t9-,10+/m1/s1. The van der Waals surface area contributed by atoms with Crippen LogP contribution in [0.4, 0.5) is 0 Å². The Balaban J connectivity index is 2.04. The third-order valence-corrected chi connectivity index (χ3v) is 5.14. The Morgan fingerprint density at radius 3 is 1.96 bits per heavy atom. The maximum Gasteiger partial charge on any atom is 0.329 e. The van der Waals surface area contributed by atoms with Gasteiger partial charge in [0.05, 0.1) is 21.2 Å². The van der Waals surface area contributed by atoms with Crippen LogP contribution in [0.25, 0.3) is 0 Å². The van der Waals surface area contributed by atoms with Gasteiger partial charge in [0.15, 0.2) is 6.61 Å². The second-order valence-corrected chi connectivity index (χ2v) is 7.49. The third kappa shape index (κ3) is 4.42. The first-order valence-corrected chi connectivity index (χ1v) is 9.13. The minimum absolute atomic E-state index is 0.0672. The van der Waals surface area contributed by atoms with Crippen molar-refractivity contribution >= 4 is 46.9 Å². The fourth-order valence-corrected chi connectivity index (χ4v) is 2.76. The summed E-state index contributed by atoms with van der Waals surface area (Å²) < 4.78 is 4.95. The van der Waals surface area contributed by atoms with Crippen LogP contribution in [0.2, 0.25) is 10.0 Å². The molecule has 0 saturated carbocycles. The minimum Gasteiger partial charge on any atom is -0.454 e. The molecule has 0 fully saturated rings. The number of carbonyl (C=O) groups is 4. The number of rotatable bonds is 6. The zero-order valence-corrected chi connectivity index (χ0v) is 16.9. The lowest BCUT2D eigenvalue weighted by Crippen LogP contribution is -2.45. The van der Waals surface area contributed by atoms with Gasteiger partial charge in [0.25, 0.3) is 17.7 Å². The Hall–Kier alpha value is -2.12. The maximum absolute atomic E-state index is 12.5. The van der Waals surface area contributed by atoms with Crippen molar-refractivity contribution in [3.63, 3.8) is 0 Å². The molecule has 1 aromatic carbocycles. The van der Waals surface area contributed by atoms with Crippen molar-refractivity contribution in [3.05, 3.63) is 33.3 Å². The van der Waals surface area contributed by atoms with Crippen molar-refractivity contribution < 1.29 is 23.9 Å². The summed E-state index contributed by atoms with van der Waals surface area (Å²) in [5.74, 6) is -2.45. The molecule has 1 aliphatic rings. The number of nitrogens with one attached hydrogen (secondary N) is 1. The number of imide groups is 1. The molecular formula is C18H20Cl2N2O5. The molecule has 0 aliphatic carbocycles. The molecule has 0 radical (unpaired) electrons. The third-order valence-electron chi connectivity index (χ3n) is 4.42. The highest BCUT2D eigenvalue weighted by molar-refractivity contribution is 6.43. The quantitative estimate of drug-likeness (QED) is 0.570. The van der Waals surface area contributed by atoms with E-state index in [4.69, 9.17) is 27.9 Å². The molecule has 1 aromatic rings. The number of nitrogens with zero attached hydrogens (tertiary/aromatic N) is 1. The fraction of sp³-hybridized carbons (Fsp3) is 0.444. The SMILES string of the molecule is CC(C)[C@@H](C)NC(=O)COC(=O)[C@H](C)N1C(=O)c2cc(Cl)c(Cl)cc2C1=O. The van der Waals surface area contributed by atoms with E-state index in [1.807, 2.05) is 20.8 Å². The van der Waals surface area contributed by atoms with E-state index in [0.717, 1.165) is 4.90 Å². The Kier molecular flexibility index (Phi) is 6.49. The first kappa shape index (κ1) is 21.2. The largest absolute Gasteiger partial charge is 0.454 e. The lowest BCUT2D eigenvalue weighted by atomic mass is 10.1. The Bertz CT molecular complexity index is 768. The van der Waals surface area contributed by atoms with Crippen LogP contribution < -0.4 is 5.32 Å². The van der Waals surface area contributed by atoms with Crippen molar-refractivity contribution in [1.29, 1.82) is 0 Å². The molecular weight excluding hydrogens is 395 g/mol. The lowest BCUT2D eigenvalue weighted by molar-refractivity contribution is -0.152. The van der Waals surface area contributed by atoms with Crippen molar-refractivity contribution in [1.82, 2.24) is 10.2 Å². The van der Waals surface area contributed by atoms with E-state index in [2.05, 4.69) is 5.32 Å². The number of ether oxygens (including phenoxy) is 1. The van der Waals surface area contributed by atoms with Gasteiger partial charge < -0.3 is 10.1 Å². The van der Waals surface area contributed by atoms with Crippen LogP contribution in [-0.2, 0) is 14.3 Å². The van der Waals surface area contributed by atoms with Crippen molar-refractivity contribution in [2.45, 2.75) is 39.8 Å². The number of fused-ring (bicyclic) bond motifs is 1. The Labute approximate surface area is 166 Å². The molecule has 7 nitrogen and oxygen atoms in total. The summed E-state index contributed by atoms with van der Waals surface area (Å²) in [4.78, 5) is 49.8. The average molecular weight is 415 g/mol. The molecule has 2 rings (SSSR count). The molecule has 27 heavy (non-hydrogen) atoms. The van der Waals surface area contributed by atoms with Crippen molar-refractivity contribution in [2.75, 3.05) is 6.61 Å². The number of benzene rings is 1. The van der Waals surface area contributed by atoms with Crippen LogP contribution in [0.15, 0.2) is 12.1 Å². The summed E-state index contributed by atoms with van der Waals surface area (Å²) in [5.41, 5.74) is 0.134. The van der Waals surface area contributed by atoms with Crippen LogP contribution in [0.1, 0.15) is 48.4 Å². The maximum atomic E-state index is 12.5. The second kappa shape index (κ2) is 8.27. The number of halogens is 2. The normalized spacial score (nSPS) is 15.6. The molecule has 9 heteroatoms. The van der Waals surface area contributed by atoms with Gasteiger partial charge in [-0.3, -0.25) is 19.3 Å². The highest BCUT2D eigenvalue weighted by atomic mass is 35.5. The van der Waals surface area contributed by atoms with Crippen LogP contribution in [0.3, 0.4) is 0 Å². The second-order valence-electron chi connectivity index (χ2n) is 6.68. The summed E-state index contributed by atoms with van der Waals surface area (Å²) in [7, 11) is 0. The zero-order valence-electron chi connectivity index (χ0n) is 15.3. The van der Waals surface area contributed by atoms with Gasteiger partial charge in [-0.25, -0.2) is 4.79 Å². The topological polar surface area (TPSA) is 92.8 Å². The summed E-state index contributed by atoms with van der Waals surface area (Å²) in [5, 5.41) is 2.95. The number of esters is 1. The highest BCUT2D eigenvalue weighted by Crippen LogP contribution is 2.32. The molecule has 3 amide bonds. The van der Waals surface area contributed by atoms with Crippen molar-refractivity contribution in [3.8, 4) is 0 Å². The van der Waals surface area contributed by atoms with Crippen LogP contribution >= 0.6 is 23.2 Å². The van der Waals surface area contributed by atoms with Gasteiger partial charge in [0, 0.05) is 6.04 Å². The molecule has 0 bridgehead atoms. The molecule has 1 aliphatic heterocycles. The van der Waals surface area contributed by atoms with Crippen LogP contribution in [0.5, 0.6) is 0 Å². The summed E-state index contributed by atoms with van der Waals surface area (Å²) >= 11 is 11.8. The van der Waals surface area contributed by atoms with Gasteiger partial charge in [0.1, 0.15) is 6.04 Å². The van der Waals surface area contributed by atoms with E-state index in [9.17, 15) is 19.2 Å². The first-order chi connectivity index (χ1) is 12.5. The summed E-state index contributed by atoms with van der Waals surface area (Å²) in [6.07, 6.45) is 0. The van der Waals surface area contributed by atoms with Crippen molar-refractivity contribution in [2.24, 2.45) is 5.92 Å². The summed E-state index contributed by atoms with van der Waals surface area (Å²) in [6.45, 7) is 6.57. The highest BCUT2D eigenvalue weighted by Gasteiger charge is 2.42. The smallest absolute Gasteiger partial charge is 0.329 e. The fourth-order valence-electron chi connectivity index (χ4n) is 2.43. The molecule has 1 N–H and O–H groups in total. The van der Waals surface area contributed by atoms with Gasteiger partial charge in [-0.05, 0) is 31.9 Å². The predicted octanol–water partition coefficient (Wildman–Crippen LogP) is 2.68. The zero-order chi connectivity index (χ0) is 20.5. The first-order valence-electron chi connectivity index (χ1n) is 8.37. The Morgan fingerprint density at radius 2 is 1.52 bits per heavy atom. The molecule has 0 aromatic heterocycles. The van der Waals surface area contributed by atoms with Crippen LogP contribution in [0, 0.1) is 5.92 Å². The Morgan fingerprint density at radius 1 is 1.04 bits per heavy atom. The molecule has 0 saturated heterocycles. The number of carbonyl (C=O) groups excluding carboxylic acids is 4. The number of hydrogen-bond donors (Lipinski definition) is 1. The molecule has 2 atom stereocenters. The van der Waals surface area contributed by atoms with E-state index in [1.54, 1.807) is 0 Å². The van der Waals surface area contributed by atoms with Gasteiger partial charge in [-0.1, -0.05) is 37.0 Å². The van der Waals surface area contributed by atoms with Gasteiger partial charge in [-0.2, -0.15) is 0 Å². The molecule has 0 spiro atoms. The van der Waals surface area contributed by atoms with Gasteiger partial charge in [-0.15, -0.1) is 0 Å². The lowest BCUT2D eigenvalue weighted by Gasteiger charge is -2.21. The summed E-state index contributed by atoms with van der Waals surface area (Å²) in [6, 6.07) is 1.29. The number of hydrogen-bond acceptors (Lipinski definition) is 5. The van der Waals surface area contributed by atoms with E-state index in [-0.39, 0.29) is 33.1 Å². The monoisotopic (exact) mass is 414 g/mol. The number of amides is 3. The predicted molar refractivity (Wildman–Crippen MR) is 99.8 cm³/mol. The van der Waals surface area contributed by atoms with E-state index in [0.29, 0.717) is 0 Å². The molecule has 1 heterocycles. The minimum atomic E-state index is -1.20.